The molecule has 32 heavy (non-hydrogen) atoms. The van der Waals surface area contributed by atoms with Gasteiger partial charge in [0.2, 0.25) is 0 Å². The number of hydrogen-bond donors (Lipinski definition) is 1. The molecule has 3 heterocycles. The molecule has 2 aromatic heterocycles. The second-order valence-electron chi connectivity index (χ2n) is 8.17. The van der Waals surface area contributed by atoms with E-state index in [-0.39, 0.29) is 24.4 Å². The third kappa shape index (κ3) is 3.42. The fourth-order valence-electron chi connectivity index (χ4n) is 4.71. The number of aromatic nitrogens is 3. The summed E-state index contributed by atoms with van der Waals surface area (Å²) in [6, 6.07) is 14.2. The molecule has 1 fully saturated rings. The molecule has 1 atom stereocenters. The number of amides is 1. The van der Waals surface area contributed by atoms with Crippen molar-refractivity contribution < 1.29 is 9.53 Å². The first-order valence-corrected chi connectivity index (χ1v) is 10.7. The lowest BCUT2D eigenvalue weighted by atomic mass is 10.1. The Bertz CT molecular complexity index is 1310. The summed E-state index contributed by atoms with van der Waals surface area (Å²) in [5, 5.41) is 1.18. The van der Waals surface area contributed by atoms with Gasteiger partial charge in [0.05, 0.1) is 18.3 Å². The number of halogens is 1. The molecule has 1 unspecified atom stereocenters. The fraction of sp³-hybridized carbons (Fsp3) is 0.333. The SMILES string of the molecule is CCn1c(-c2nc3cc(C(=O)N4CCC(N)C4)cc(OC)c3n2C)cc2ccccc21.Cl. The number of imidazole rings is 1. The van der Waals surface area contributed by atoms with Gasteiger partial charge in [-0.2, -0.15) is 0 Å². The summed E-state index contributed by atoms with van der Waals surface area (Å²) in [4.78, 5) is 19.8. The van der Waals surface area contributed by atoms with Crippen molar-refractivity contribution in [2.24, 2.45) is 12.8 Å². The number of aryl methyl sites for hydroxylation is 2. The molecule has 1 amide bonds. The smallest absolute Gasteiger partial charge is 0.254 e. The number of fused-ring (bicyclic) bond motifs is 2. The first kappa shape index (κ1) is 22.2. The first-order valence-electron chi connectivity index (χ1n) is 10.7. The van der Waals surface area contributed by atoms with Crippen molar-refractivity contribution in [3.05, 3.63) is 48.0 Å². The standard InChI is InChI=1S/C24H27N5O2.ClH/c1-4-29-19-8-6-5-7-15(19)12-20(29)23-26-18-11-16(13-21(31-3)22(18)27(23)2)24(30)28-10-9-17(25)14-28;/h5-8,11-13,17H,4,9-10,14,25H2,1-3H3;1H. The van der Waals surface area contributed by atoms with E-state index >= 15 is 0 Å². The van der Waals surface area contributed by atoms with Crippen molar-refractivity contribution in [3.8, 4) is 17.3 Å². The van der Waals surface area contributed by atoms with Crippen molar-refractivity contribution in [1.82, 2.24) is 19.0 Å². The van der Waals surface area contributed by atoms with E-state index in [0.717, 1.165) is 35.5 Å². The zero-order valence-corrected chi connectivity index (χ0v) is 19.4. The summed E-state index contributed by atoms with van der Waals surface area (Å²) in [5.41, 5.74) is 10.4. The summed E-state index contributed by atoms with van der Waals surface area (Å²) in [7, 11) is 3.62. The highest BCUT2D eigenvalue weighted by molar-refractivity contribution is 6.00. The number of methoxy groups -OCH3 is 1. The van der Waals surface area contributed by atoms with Crippen LogP contribution in [0.4, 0.5) is 0 Å². The summed E-state index contributed by atoms with van der Waals surface area (Å²) < 4.78 is 10.00. The lowest BCUT2D eigenvalue weighted by molar-refractivity contribution is 0.0790. The van der Waals surface area contributed by atoms with Crippen molar-refractivity contribution >= 4 is 40.3 Å². The number of carbonyl (C=O) groups excluding carboxylic acids is 1. The maximum Gasteiger partial charge on any atom is 0.254 e. The Morgan fingerprint density at radius 3 is 2.72 bits per heavy atom. The molecule has 168 valence electrons. The monoisotopic (exact) mass is 453 g/mol. The topological polar surface area (TPSA) is 78.3 Å². The summed E-state index contributed by atoms with van der Waals surface area (Å²) in [6.45, 7) is 4.24. The first-order chi connectivity index (χ1) is 15.0. The zero-order chi connectivity index (χ0) is 21.7. The van der Waals surface area contributed by atoms with Gasteiger partial charge in [-0.3, -0.25) is 4.79 Å². The predicted octanol–water partition coefficient (Wildman–Crippen LogP) is 3.82. The van der Waals surface area contributed by atoms with Gasteiger partial charge in [-0.1, -0.05) is 18.2 Å². The van der Waals surface area contributed by atoms with Gasteiger partial charge in [0.15, 0.2) is 5.82 Å². The molecule has 0 radical (unpaired) electrons. The molecule has 0 spiro atoms. The number of benzene rings is 2. The highest BCUT2D eigenvalue weighted by Gasteiger charge is 2.26. The van der Waals surface area contributed by atoms with Crippen molar-refractivity contribution in [2.45, 2.75) is 25.9 Å². The predicted molar refractivity (Wildman–Crippen MR) is 130 cm³/mol. The van der Waals surface area contributed by atoms with Crippen LogP contribution in [0.5, 0.6) is 5.75 Å². The quantitative estimate of drug-likeness (QED) is 0.509. The van der Waals surface area contributed by atoms with Gasteiger partial charge in [-0.05, 0) is 37.6 Å². The summed E-state index contributed by atoms with van der Waals surface area (Å²) in [5.74, 6) is 1.46. The Hall–Kier alpha value is -3.03. The lowest BCUT2D eigenvalue weighted by Crippen LogP contribution is -2.31. The minimum absolute atomic E-state index is 0. The van der Waals surface area contributed by atoms with E-state index in [1.54, 1.807) is 7.11 Å². The third-order valence-electron chi connectivity index (χ3n) is 6.27. The van der Waals surface area contributed by atoms with E-state index in [9.17, 15) is 4.79 Å². The van der Waals surface area contributed by atoms with Crippen LogP contribution in [0.1, 0.15) is 23.7 Å². The minimum Gasteiger partial charge on any atom is -0.494 e. The average Bonchev–Trinajstić information content (AvgIpc) is 3.47. The number of nitrogens with zero attached hydrogens (tertiary/aromatic N) is 4. The minimum atomic E-state index is -0.0250. The van der Waals surface area contributed by atoms with E-state index in [1.165, 1.54) is 10.9 Å². The van der Waals surface area contributed by atoms with Gasteiger partial charge in [-0.15, -0.1) is 12.4 Å². The maximum absolute atomic E-state index is 13.1. The summed E-state index contributed by atoms with van der Waals surface area (Å²) >= 11 is 0. The van der Waals surface area contributed by atoms with E-state index in [2.05, 4.69) is 40.3 Å². The van der Waals surface area contributed by atoms with Gasteiger partial charge < -0.3 is 24.5 Å². The highest BCUT2D eigenvalue weighted by Crippen LogP contribution is 2.34. The van der Waals surface area contributed by atoms with Gasteiger partial charge in [0.25, 0.3) is 5.91 Å². The fourth-order valence-corrected chi connectivity index (χ4v) is 4.71. The number of ether oxygens (including phenoxy) is 1. The normalized spacial score (nSPS) is 16.0. The Morgan fingerprint density at radius 2 is 2.03 bits per heavy atom. The van der Waals surface area contributed by atoms with Crippen LogP contribution in [0.3, 0.4) is 0 Å². The van der Waals surface area contributed by atoms with E-state index in [4.69, 9.17) is 15.5 Å². The summed E-state index contributed by atoms with van der Waals surface area (Å²) in [6.07, 6.45) is 0.834. The Labute approximate surface area is 193 Å². The molecule has 1 aliphatic heterocycles. The van der Waals surface area contributed by atoms with Crippen LogP contribution in [0, 0.1) is 0 Å². The van der Waals surface area contributed by atoms with Crippen molar-refractivity contribution in [1.29, 1.82) is 0 Å². The van der Waals surface area contributed by atoms with Gasteiger partial charge in [0, 0.05) is 49.2 Å². The highest BCUT2D eigenvalue weighted by atomic mass is 35.5. The second-order valence-corrected chi connectivity index (χ2v) is 8.17. The second kappa shape index (κ2) is 8.48. The van der Waals surface area contributed by atoms with Crippen molar-refractivity contribution in [2.75, 3.05) is 20.2 Å². The number of carbonyl (C=O) groups is 1. The van der Waals surface area contributed by atoms with E-state index in [0.29, 0.717) is 24.4 Å². The number of likely N-dealkylation sites (tertiary alicyclic amines) is 1. The van der Waals surface area contributed by atoms with Crippen LogP contribution in [0.15, 0.2) is 42.5 Å². The zero-order valence-electron chi connectivity index (χ0n) is 18.5. The largest absolute Gasteiger partial charge is 0.494 e. The molecule has 8 heteroatoms. The van der Waals surface area contributed by atoms with Crippen LogP contribution >= 0.6 is 12.4 Å². The Balaban J connectivity index is 0.00000245. The maximum atomic E-state index is 13.1. The number of para-hydroxylation sites is 1. The van der Waals surface area contributed by atoms with E-state index in [1.807, 2.05) is 30.1 Å². The van der Waals surface area contributed by atoms with Gasteiger partial charge >= 0.3 is 0 Å². The van der Waals surface area contributed by atoms with Gasteiger partial charge in [0.1, 0.15) is 11.3 Å². The molecule has 5 rings (SSSR count). The number of rotatable bonds is 4. The van der Waals surface area contributed by atoms with Crippen LogP contribution in [-0.2, 0) is 13.6 Å². The molecule has 0 saturated carbocycles. The molecule has 2 aromatic carbocycles. The van der Waals surface area contributed by atoms with E-state index < -0.39 is 0 Å². The molecule has 4 aromatic rings. The van der Waals surface area contributed by atoms with Crippen LogP contribution in [0.25, 0.3) is 33.5 Å². The molecule has 7 nitrogen and oxygen atoms in total. The van der Waals surface area contributed by atoms with Gasteiger partial charge in [-0.25, -0.2) is 4.98 Å². The average molecular weight is 454 g/mol. The molecule has 1 aliphatic rings. The lowest BCUT2D eigenvalue weighted by Gasteiger charge is -2.16. The Kier molecular flexibility index (Phi) is 5.88. The van der Waals surface area contributed by atoms with Crippen LogP contribution in [0.2, 0.25) is 0 Å². The third-order valence-corrected chi connectivity index (χ3v) is 6.27. The number of hydrogen-bond acceptors (Lipinski definition) is 4. The molecular weight excluding hydrogens is 426 g/mol. The molecule has 2 N–H and O–H groups in total. The Morgan fingerprint density at radius 1 is 1.25 bits per heavy atom. The molecule has 0 aliphatic carbocycles. The molecule has 1 saturated heterocycles. The molecule has 0 bridgehead atoms. The van der Waals surface area contributed by atoms with Crippen molar-refractivity contribution in [3.63, 3.8) is 0 Å². The van der Waals surface area contributed by atoms with Crippen LogP contribution in [-0.4, -0.2) is 51.2 Å². The number of nitrogens with two attached hydrogens (primary N) is 1. The molecular formula is C24H28ClN5O2. The van der Waals surface area contributed by atoms with Crippen LogP contribution < -0.4 is 10.5 Å².